The molecule has 0 aliphatic carbocycles. The van der Waals surface area contributed by atoms with Crippen molar-refractivity contribution in [2.24, 2.45) is 0 Å². The number of carbonyl (C=O) groups excluding carboxylic acids is 2. The first kappa shape index (κ1) is 21.2. The molecule has 1 aromatic carbocycles. The Kier molecular flexibility index (Phi) is 8.30. The minimum atomic E-state index is -0.404. The van der Waals surface area contributed by atoms with Crippen molar-refractivity contribution in [3.05, 3.63) is 59.7 Å². The van der Waals surface area contributed by atoms with Crippen LogP contribution in [0.2, 0.25) is 0 Å². The third kappa shape index (κ3) is 6.92. The third-order valence-corrected chi connectivity index (χ3v) is 3.73. The number of rotatable bonds is 10. The van der Waals surface area contributed by atoms with Gasteiger partial charge in [0.05, 0.1) is 19.5 Å². The number of amides is 2. The number of benzene rings is 1. The minimum absolute atomic E-state index is 0.0977. The van der Waals surface area contributed by atoms with E-state index in [9.17, 15) is 9.59 Å². The molecule has 0 saturated heterocycles. The van der Waals surface area contributed by atoms with Crippen LogP contribution < -0.4 is 15.4 Å². The van der Waals surface area contributed by atoms with Gasteiger partial charge >= 0.3 is 0 Å². The number of carbonyl (C=O) groups is 2. The molecule has 150 valence electrons. The van der Waals surface area contributed by atoms with Crippen molar-refractivity contribution in [3.63, 3.8) is 0 Å². The zero-order chi connectivity index (χ0) is 20.4. The third-order valence-electron chi connectivity index (χ3n) is 3.73. The lowest BCUT2D eigenvalue weighted by molar-refractivity contribution is -0.117. The fraction of sp³-hybridized carbons (Fsp3) is 0.333. The van der Waals surface area contributed by atoms with E-state index < -0.39 is 11.8 Å². The summed E-state index contributed by atoms with van der Waals surface area (Å²) in [5.74, 6) is 0.300. The van der Waals surface area contributed by atoms with Crippen LogP contribution >= 0.6 is 0 Å². The van der Waals surface area contributed by atoms with Crippen molar-refractivity contribution in [3.8, 4) is 5.75 Å². The molecule has 28 heavy (non-hydrogen) atoms. The lowest BCUT2D eigenvalue weighted by Gasteiger charge is -2.12. The van der Waals surface area contributed by atoms with Crippen LogP contribution in [-0.4, -0.2) is 38.2 Å². The van der Waals surface area contributed by atoms with E-state index in [1.165, 1.54) is 12.3 Å². The van der Waals surface area contributed by atoms with Gasteiger partial charge in [0.25, 0.3) is 11.8 Å². The van der Waals surface area contributed by atoms with E-state index in [-0.39, 0.29) is 11.8 Å². The second-order valence-electron chi connectivity index (χ2n) is 6.29. The highest BCUT2D eigenvalue weighted by atomic mass is 16.5. The molecule has 0 unspecified atom stereocenters. The Bertz CT molecular complexity index is 780. The monoisotopic (exact) mass is 386 g/mol. The molecule has 0 atom stereocenters. The van der Waals surface area contributed by atoms with Crippen LogP contribution in [0.1, 0.15) is 36.4 Å². The topological polar surface area (TPSA) is 89.8 Å². The van der Waals surface area contributed by atoms with Gasteiger partial charge in [-0.05, 0) is 56.7 Å². The number of methoxy groups -OCH3 is 1. The highest BCUT2D eigenvalue weighted by molar-refractivity contribution is 6.05. The second-order valence-corrected chi connectivity index (χ2v) is 6.29. The molecule has 0 radical (unpaired) electrons. The van der Waals surface area contributed by atoms with Crippen LogP contribution in [0.25, 0.3) is 6.08 Å². The van der Waals surface area contributed by atoms with Gasteiger partial charge in [-0.1, -0.05) is 0 Å². The molecule has 2 aromatic rings. The lowest BCUT2D eigenvalue weighted by atomic mass is 10.2. The zero-order valence-corrected chi connectivity index (χ0v) is 16.4. The molecule has 1 heterocycles. The number of furan rings is 1. The zero-order valence-electron chi connectivity index (χ0n) is 16.4. The Morgan fingerprint density at radius 2 is 1.93 bits per heavy atom. The SMILES string of the molecule is COc1ccc(C(=O)N/C(=C\c2ccco2)C(=O)NCCCOC(C)C)cc1. The predicted molar refractivity (Wildman–Crippen MR) is 106 cm³/mol. The highest BCUT2D eigenvalue weighted by Gasteiger charge is 2.15. The summed E-state index contributed by atoms with van der Waals surface area (Å²) in [6, 6.07) is 10.0. The van der Waals surface area contributed by atoms with Crippen molar-refractivity contribution in [1.29, 1.82) is 0 Å². The van der Waals surface area contributed by atoms with E-state index in [2.05, 4.69) is 10.6 Å². The molecular weight excluding hydrogens is 360 g/mol. The van der Waals surface area contributed by atoms with Gasteiger partial charge in [-0.2, -0.15) is 0 Å². The molecule has 7 nitrogen and oxygen atoms in total. The second kappa shape index (κ2) is 10.9. The van der Waals surface area contributed by atoms with E-state index in [1.54, 1.807) is 43.5 Å². The summed E-state index contributed by atoms with van der Waals surface area (Å²) in [5, 5.41) is 5.43. The van der Waals surface area contributed by atoms with Gasteiger partial charge in [0.2, 0.25) is 0 Å². The highest BCUT2D eigenvalue weighted by Crippen LogP contribution is 2.12. The number of hydrogen-bond acceptors (Lipinski definition) is 5. The van der Waals surface area contributed by atoms with Crippen LogP contribution in [0.4, 0.5) is 0 Å². The Morgan fingerprint density at radius 3 is 2.54 bits per heavy atom. The Hall–Kier alpha value is -3.06. The smallest absolute Gasteiger partial charge is 0.267 e. The fourth-order valence-corrected chi connectivity index (χ4v) is 2.30. The maximum Gasteiger partial charge on any atom is 0.267 e. The first-order valence-corrected chi connectivity index (χ1v) is 9.10. The molecule has 0 aliphatic rings. The van der Waals surface area contributed by atoms with Gasteiger partial charge in [0.15, 0.2) is 0 Å². The van der Waals surface area contributed by atoms with Crippen LogP contribution in [0, 0.1) is 0 Å². The van der Waals surface area contributed by atoms with Gasteiger partial charge in [-0.15, -0.1) is 0 Å². The molecule has 2 N–H and O–H groups in total. The van der Waals surface area contributed by atoms with E-state index >= 15 is 0 Å². The van der Waals surface area contributed by atoms with E-state index in [4.69, 9.17) is 13.9 Å². The summed E-state index contributed by atoms with van der Waals surface area (Å²) in [6.45, 7) is 4.89. The molecule has 0 fully saturated rings. The van der Waals surface area contributed by atoms with Crippen LogP contribution in [0.15, 0.2) is 52.8 Å². The van der Waals surface area contributed by atoms with Gasteiger partial charge in [0, 0.05) is 24.8 Å². The van der Waals surface area contributed by atoms with E-state index in [1.807, 2.05) is 13.8 Å². The van der Waals surface area contributed by atoms with Crippen molar-refractivity contribution in [2.75, 3.05) is 20.3 Å². The Balaban J connectivity index is 2.02. The Labute approximate surface area is 164 Å². The maximum absolute atomic E-state index is 12.5. The van der Waals surface area contributed by atoms with Crippen molar-refractivity contribution >= 4 is 17.9 Å². The van der Waals surface area contributed by atoms with Gasteiger partial charge < -0.3 is 24.5 Å². The number of hydrogen-bond donors (Lipinski definition) is 2. The van der Waals surface area contributed by atoms with Crippen LogP contribution in [0.3, 0.4) is 0 Å². The van der Waals surface area contributed by atoms with E-state index in [0.717, 1.165) is 0 Å². The summed E-state index contributed by atoms with van der Waals surface area (Å²) in [5.41, 5.74) is 0.504. The Morgan fingerprint density at radius 1 is 1.18 bits per heavy atom. The fourth-order valence-electron chi connectivity index (χ4n) is 2.30. The molecule has 0 aliphatic heterocycles. The molecule has 0 saturated carbocycles. The van der Waals surface area contributed by atoms with Gasteiger partial charge in [0.1, 0.15) is 17.2 Å². The molecule has 2 amide bonds. The predicted octanol–water partition coefficient (Wildman–Crippen LogP) is 2.99. The lowest BCUT2D eigenvalue weighted by Crippen LogP contribution is -2.35. The molecule has 1 aromatic heterocycles. The average molecular weight is 386 g/mol. The molecule has 7 heteroatoms. The number of nitrogens with one attached hydrogen (secondary N) is 2. The van der Waals surface area contributed by atoms with Gasteiger partial charge in [-0.3, -0.25) is 9.59 Å². The van der Waals surface area contributed by atoms with Crippen molar-refractivity contribution < 1.29 is 23.5 Å². The summed E-state index contributed by atoms with van der Waals surface area (Å²) in [6.07, 6.45) is 3.80. The molecular formula is C21H26N2O5. The maximum atomic E-state index is 12.5. The summed E-state index contributed by atoms with van der Waals surface area (Å²) in [7, 11) is 1.55. The summed E-state index contributed by atoms with van der Waals surface area (Å²) >= 11 is 0. The van der Waals surface area contributed by atoms with Crippen molar-refractivity contribution in [2.45, 2.75) is 26.4 Å². The first-order chi connectivity index (χ1) is 13.5. The van der Waals surface area contributed by atoms with Crippen LogP contribution in [0.5, 0.6) is 5.75 Å². The standard InChI is InChI=1S/C21H26N2O5/c1-15(2)27-13-5-11-22-21(25)19(14-18-6-4-12-28-18)23-20(24)16-7-9-17(26-3)10-8-16/h4,6-10,12,14-15H,5,11,13H2,1-3H3,(H,22,25)(H,23,24)/b19-14-. The molecule has 2 rings (SSSR count). The quantitative estimate of drug-likeness (QED) is 0.484. The normalized spacial score (nSPS) is 11.4. The van der Waals surface area contributed by atoms with Gasteiger partial charge in [-0.25, -0.2) is 0 Å². The summed E-state index contributed by atoms with van der Waals surface area (Å²) < 4.78 is 15.8. The number of ether oxygens (including phenoxy) is 2. The van der Waals surface area contributed by atoms with Crippen molar-refractivity contribution in [1.82, 2.24) is 10.6 Å². The van der Waals surface area contributed by atoms with E-state index in [0.29, 0.717) is 36.6 Å². The molecule has 0 spiro atoms. The molecule has 0 bridgehead atoms. The largest absolute Gasteiger partial charge is 0.497 e. The van der Waals surface area contributed by atoms with Crippen LogP contribution in [-0.2, 0) is 9.53 Å². The summed E-state index contributed by atoms with van der Waals surface area (Å²) in [4.78, 5) is 25.1. The average Bonchev–Trinajstić information content (AvgIpc) is 3.20. The first-order valence-electron chi connectivity index (χ1n) is 9.10. The minimum Gasteiger partial charge on any atom is -0.497 e.